The lowest BCUT2D eigenvalue weighted by molar-refractivity contribution is -0.146. The largest absolute Gasteiger partial charge is 0.467 e. The Morgan fingerprint density at radius 3 is 2.69 bits per heavy atom. The van der Waals surface area contributed by atoms with E-state index in [1.807, 2.05) is 18.4 Å². The first-order valence-corrected chi connectivity index (χ1v) is 7.95. The summed E-state index contributed by atoms with van der Waals surface area (Å²) in [5, 5.41) is 3.11. The summed E-state index contributed by atoms with van der Waals surface area (Å²) in [5.74, 6) is -0.658. The van der Waals surface area contributed by atoms with E-state index in [2.05, 4.69) is 15.3 Å². The van der Waals surface area contributed by atoms with Crippen LogP contribution in [0.3, 0.4) is 0 Å². The Hall–Kier alpha value is -1.90. The van der Waals surface area contributed by atoms with Gasteiger partial charge in [0, 0.05) is 31.9 Å². The van der Waals surface area contributed by atoms with Gasteiger partial charge in [0.2, 0.25) is 0 Å². The molecule has 8 nitrogen and oxygen atoms in total. The Labute approximate surface area is 164 Å². The average Bonchev–Trinajstić information content (AvgIpc) is 3.03. The number of hydrogen-bond donors (Lipinski definition) is 1. The van der Waals surface area contributed by atoms with Crippen LogP contribution in [0.1, 0.15) is 30.2 Å². The van der Waals surface area contributed by atoms with Gasteiger partial charge in [-0.1, -0.05) is 0 Å². The predicted octanol–water partition coefficient (Wildman–Crippen LogP) is 1.44. The van der Waals surface area contributed by atoms with Crippen molar-refractivity contribution in [2.75, 3.05) is 26.7 Å². The molecule has 0 aliphatic carbocycles. The van der Waals surface area contributed by atoms with Gasteiger partial charge < -0.3 is 19.5 Å². The molecule has 1 aliphatic rings. The van der Waals surface area contributed by atoms with Crippen LogP contribution in [-0.2, 0) is 9.53 Å². The molecule has 1 N–H and O–H groups in total. The lowest BCUT2D eigenvalue weighted by Crippen LogP contribution is -2.57. The fourth-order valence-electron chi connectivity index (χ4n) is 2.87. The average molecular weight is 404 g/mol. The van der Waals surface area contributed by atoms with E-state index < -0.39 is 12.0 Å². The standard InChI is InChI=1S/C16H21N5O3.2ClH/c1-10(2)21-9-19-12-6-11(7-18-14(12)21)15(22)20-5-4-17-8-13(20)16(23)24-3;;/h6-7,9-10,13,17H,4-5,8H2,1-3H3;2*1H. The lowest BCUT2D eigenvalue weighted by atomic mass is 10.1. The topological polar surface area (TPSA) is 89.3 Å². The Kier molecular flexibility index (Phi) is 7.80. The van der Waals surface area contributed by atoms with Crippen LogP contribution < -0.4 is 5.32 Å². The first-order chi connectivity index (χ1) is 11.5. The molecule has 2 aromatic heterocycles. The van der Waals surface area contributed by atoms with Crippen molar-refractivity contribution in [1.82, 2.24) is 24.8 Å². The molecule has 1 atom stereocenters. The first-order valence-electron chi connectivity index (χ1n) is 7.95. The molecule has 1 saturated heterocycles. The Balaban J connectivity index is 0.00000169. The van der Waals surface area contributed by atoms with Crippen LogP contribution in [0.25, 0.3) is 11.2 Å². The molecule has 10 heteroatoms. The second-order valence-electron chi connectivity index (χ2n) is 6.05. The highest BCUT2D eigenvalue weighted by Gasteiger charge is 2.33. The fraction of sp³-hybridized carbons (Fsp3) is 0.500. The SMILES string of the molecule is COC(=O)C1CNCCN1C(=O)c1cnc2c(c1)ncn2C(C)C.Cl.Cl. The number of imidazole rings is 1. The zero-order chi connectivity index (χ0) is 17.3. The van der Waals surface area contributed by atoms with Gasteiger partial charge in [0.1, 0.15) is 11.6 Å². The van der Waals surface area contributed by atoms with E-state index in [0.29, 0.717) is 30.7 Å². The van der Waals surface area contributed by atoms with E-state index in [1.165, 1.54) is 12.0 Å². The molecule has 0 radical (unpaired) electrons. The molecule has 0 bridgehead atoms. The summed E-state index contributed by atoms with van der Waals surface area (Å²) in [5.41, 5.74) is 1.83. The van der Waals surface area contributed by atoms with Gasteiger partial charge in [0.05, 0.1) is 19.0 Å². The minimum Gasteiger partial charge on any atom is -0.467 e. The number of carbonyl (C=O) groups is 2. The number of hydrogen-bond acceptors (Lipinski definition) is 6. The molecule has 26 heavy (non-hydrogen) atoms. The van der Waals surface area contributed by atoms with Crippen LogP contribution in [0.5, 0.6) is 0 Å². The Morgan fingerprint density at radius 2 is 2.04 bits per heavy atom. The number of rotatable bonds is 3. The van der Waals surface area contributed by atoms with Gasteiger partial charge >= 0.3 is 5.97 Å². The number of amides is 1. The van der Waals surface area contributed by atoms with Gasteiger partial charge in [0.25, 0.3) is 5.91 Å². The van der Waals surface area contributed by atoms with Crippen LogP contribution in [0.15, 0.2) is 18.6 Å². The number of methoxy groups -OCH3 is 1. The molecular formula is C16H23Cl2N5O3. The molecule has 2 aromatic rings. The maximum atomic E-state index is 12.8. The number of ether oxygens (including phenoxy) is 1. The molecular weight excluding hydrogens is 381 g/mol. The van der Waals surface area contributed by atoms with E-state index >= 15 is 0 Å². The highest BCUT2D eigenvalue weighted by atomic mass is 35.5. The smallest absolute Gasteiger partial charge is 0.329 e. The third-order valence-electron chi connectivity index (χ3n) is 4.19. The second kappa shape index (κ2) is 9.16. The van der Waals surface area contributed by atoms with E-state index in [4.69, 9.17) is 4.74 Å². The number of pyridine rings is 1. The van der Waals surface area contributed by atoms with E-state index in [0.717, 1.165) is 5.65 Å². The van der Waals surface area contributed by atoms with E-state index in [-0.39, 0.29) is 36.8 Å². The third-order valence-corrected chi connectivity index (χ3v) is 4.19. The number of fused-ring (bicyclic) bond motifs is 1. The zero-order valence-corrected chi connectivity index (χ0v) is 16.5. The van der Waals surface area contributed by atoms with Crippen molar-refractivity contribution >= 4 is 47.9 Å². The first kappa shape index (κ1) is 22.1. The number of carbonyl (C=O) groups excluding carboxylic acids is 2. The second-order valence-corrected chi connectivity index (χ2v) is 6.05. The van der Waals surface area contributed by atoms with Crippen molar-refractivity contribution in [1.29, 1.82) is 0 Å². The monoisotopic (exact) mass is 403 g/mol. The van der Waals surface area contributed by atoms with Crippen molar-refractivity contribution in [2.45, 2.75) is 25.9 Å². The number of esters is 1. The van der Waals surface area contributed by atoms with Gasteiger partial charge in [-0.05, 0) is 19.9 Å². The maximum Gasteiger partial charge on any atom is 0.329 e. The van der Waals surface area contributed by atoms with Crippen LogP contribution in [0, 0.1) is 0 Å². The highest BCUT2D eigenvalue weighted by molar-refractivity contribution is 5.98. The summed E-state index contributed by atoms with van der Waals surface area (Å²) >= 11 is 0. The molecule has 1 amide bonds. The van der Waals surface area contributed by atoms with E-state index in [9.17, 15) is 9.59 Å². The van der Waals surface area contributed by atoms with Crippen LogP contribution in [0.2, 0.25) is 0 Å². The molecule has 1 fully saturated rings. The molecule has 0 saturated carbocycles. The summed E-state index contributed by atoms with van der Waals surface area (Å²) < 4.78 is 6.75. The summed E-state index contributed by atoms with van der Waals surface area (Å²) in [6.45, 7) is 5.55. The molecule has 1 aliphatic heterocycles. The van der Waals surface area contributed by atoms with Crippen molar-refractivity contribution in [2.24, 2.45) is 0 Å². The highest BCUT2D eigenvalue weighted by Crippen LogP contribution is 2.18. The van der Waals surface area contributed by atoms with E-state index in [1.54, 1.807) is 18.6 Å². The lowest BCUT2D eigenvalue weighted by Gasteiger charge is -2.34. The fourth-order valence-corrected chi connectivity index (χ4v) is 2.87. The number of aromatic nitrogens is 3. The van der Waals surface area contributed by atoms with Gasteiger partial charge in [0.15, 0.2) is 5.65 Å². The van der Waals surface area contributed by atoms with Crippen molar-refractivity contribution in [3.63, 3.8) is 0 Å². The van der Waals surface area contributed by atoms with Gasteiger partial charge in [-0.15, -0.1) is 24.8 Å². The number of nitrogens with zero attached hydrogens (tertiary/aromatic N) is 4. The minimum absolute atomic E-state index is 0. The van der Waals surface area contributed by atoms with Crippen LogP contribution in [-0.4, -0.2) is 64.1 Å². The molecule has 3 heterocycles. The van der Waals surface area contributed by atoms with Gasteiger partial charge in [-0.3, -0.25) is 4.79 Å². The summed E-state index contributed by atoms with van der Waals surface area (Å²) in [6, 6.07) is 1.33. The van der Waals surface area contributed by atoms with Crippen molar-refractivity contribution in [3.8, 4) is 0 Å². The summed E-state index contributed by atoms with van der Waals surface area (Å²) in [6.07, 6.45) is 3.26. The minimum atomic E-state index is -0.625. The summed E-state index contributed by atoms with van der Waals surface area (Å²) in [4.78, 5) is 35.0. The van der Waals surface area contributed by atoms with Gasteiger partial charge in [-0.25, -0.2) is 14.8 Å². The molecule has 0 aromatic carbocycles. The normalized spacial score (nSPS) is 16.8. The zero-order valence-electron chi connectivity index (χ0n) is 14.8. The summed E-state index contributed by atoms with van der Waals surface area (Å²) in [7, 11) is 1.33. The van der Waals surface area contributed by atoms with Crippen molar-refractivity contribution in [3.05, 3.63) is 24.2 Å². The predicted molar refractivity (Wildman–Crippen MR) is 102 cm³/mol. The molecule has 144 valence electrons. The number of nitrogens with one attached hydrogen (secondary N) is 1. The molecule has 0 spiro atoms. The Bertz CT molecular complexity index is 780. The number of halogens is 2. The quantitative estimate of drug-likeness (QED) is 0.779. The Morgan fingerprint density at radius 1 is 1.31 bits per heavy atom. The van der Waals surface area contributed by atoms with Crippen molar-refractivity contribution < 1.29 is 14.3 Å². The van der Waals surface area contributed by atoms with Gasteiger partial charge in [-0.2, -0.15) is 0 Å². The van der Waals surface area contributed by atoms with Crippen LogP contribution in [0.4, 0.5) is 0 Å². The van der Waals surface area contributed by atoms with Crippen LogP contribution >= 0.6 is 24.8 Å². The molecule has 1 unspecified atom stereocenters. The maximum absolute atomic E-state index is 12.8. The number of piperazine rings is 1. The third kappa shape index (κ3) is 4.08. The molecule has 3 rings (SSSR count).